The Hall–Kier alpha value is -0.600. The van der Waals surface area contributed by atoms with Crippen LogP contribution in [0.1, 0.15) is 6.42 Å². The molecule has 0 aromatic heterocycles. The number of hydrogen-bond acceptors (Lipinski definition) is 2. The number of alkyl halides is 3. The van der Waals surface area contributed by atoms with Gasteiger partial charge in [0.25, 0.3) is 10.2 Å². The van der Waals surface area contributed by atoms with Gasteiger partial charge in [-0.25, -0.2) is 4.72 Å². The topological polar surface area (TPSA) is 58.2 Å². The number of rotatable bonds is 6. The first-order valence-electron chi connectivity index (χ1n) is 3.69. The largest absolute Gasteiger partial charge is 0.402 e. The summed E-state index contributed by atoms with van der Waals surface area (Å²) in [6.07, 6.45) is -2.74. The van der Waals surface area contributed by atoms with E-state index in [0.717, 1.165) is 0 Å². The fourth-order valence-corrected chi connectivity index (χ4v) is 1.37. The molecule has 0 unspecified atom stereocenters. The molecule has 84 valence electrons. The first kappa shape index (κ1) is 13.4. The van der Waals surface area contributed by atoms with Crippen molar-refractivity contribution in [1.82, 2.24) is 9.44 Å². The molecule has 14 heavy (non-hydrogen) atoms. The van der Waals surface area contributed by atoms with Crippen LogP contribution in [0.4, 0.5) is 13.2 Å². The first-order chi connectivity index (χ1) is 6.27. The predicted octanol–water partition coefficient (Wildman–Crippen LogP) is 0.549. The first-order valence-corrected chi connectivity index (χ1v) is 5.17. The fourth-order valence-electron chi connectivity index (χ4n) is 0.523. The summed E-state index contributed by atoms with van der Waals surface area (Å²) in [6, 6.07) is 0. The number of hydrogen-bond donors (Lipinski definition) is 2. The zero-order valence-corrected chi connectivity index (χ0v) is 8.08. The van der Waals surface area contributed by atoms with Crippen molar-refractivity contribution in [2.24, 2.45) is 0 Å². The number of halogens is 3. The zero-order valence-electron chi connectivity index (χ0n) is 7.26. The fraction of sp³-hybridized carbons (Fsp3) is 0.667. The lowest BCUT2D eigenvalue weighted by Gasteiger charge is -2.09. The summed E-state index contributed by atoms with van der Waals surface area (Å²) in [5.41, 5.74) is 0. The molecule has 0 spiro atoms. The van der Waals surface area contributed by atoms with Crippen LogP contribution in [-0.4, -0.2) is 27.7 Å². The Morgan fingerprint density at radius 1 is 1.29 bits per heavy atom. The maximum Gasteiger partial charge on any atom is 0.402 e. The molecule has 2 N–H and O–H groups in total. The van der Waals surface area contributed by atoms with Gasteiger partial charge in [0.1, 0.15) is 6.54 Å². The van der Waals surface area contributed by atoms with E-state index in [9.17, 15) is 21.6 Å². The Morgan fingerprint density at radius 2 is 1.86 bits per heavy atom. The second-order valence-corrected chi connectivity index (χ2v) is 4.00. The van der Waals surface area contributed by atoms with E-state index < -0.39 is 22.9 Å². The Kier molecular flexibility index (Phi) is 5.09. The second kappa shape index (κ2) is 5.32. The van der Waals surface area contributed by atoms with Gasteiger partial charge in [-0.1, -0.05) is 6.08 Å². The van der Waals surface area contributed by atoms with E-state index in [4.69, 9.17) is 0 Å². The van der Waals surface area contributed by atoms with Gasteiger partial charge in [0.15, 0.2) is 0 Å². The molecule has 0 atom stereocenters. The summed E-state index contributed by atoms with van der Waals surface area (Å²) in [4.78, 5) is 0. The molecule has 0 saturated heterocycles. The maximum atomic E-state index is 11.6. The second-order valence-electron chi connectivity index (χ2n) is 2.41. The molecular formula is C6H11F3N2O2S. The molecule has 0 amide bonds. The summed E-state index contributed by atoms with van der Waals surface area (Å²) < 4.78 is 59.7. The van der Waals surface area contributed by atoms with E-state index in [1.165, 1.54) is 10.8 Å². The third kappa shape index (κ3) is 8.02. The Morgan fingerprint density at radius 3 is 2.29 bits per heavy atom. The van der Waals surface area contributed by atoms with Gasteiger partial charge in [-0.15, -0.1) is 6.58 Å². The van der Waals surface area contributed by atoms with Crippen LogP contribution in [0.3, 0.4) is 0 Å². The summed E-state index contributed by atoms with van der Waals surface area (Å²) in [5.74, 6) is 0. The zero-order chi connectivity index (χ0) is 11.2. The van der Waals surface area contributed by atoms with Crippen LogP contribution in [0.5, 0.6) is 0 Å². The van der Waals surface area contributed by atoms with Crippen LogP contribution >= 0.6 is 0 Å². The van der Waals surface area contributed by atoms with Crippen molar-refractivity contribution >= 4 is 10.2 Å². The molecule has 8 heteroatoms. The van der Waals surface area contributed by atoms with Crippen molar-refractivity contribution in [2.75, 3.05) is 13.1 Å². The van der Waals surface area contributed by atoms with Gasteiger partial charge in [-0.3, -0.25) is 0 Å². The Bertz CT molecular complexity index is 273. The molecular weight excluding hydrogens is 221 g/mol. The van der Waals surface area contributed by atoms with Crippen LogP contribution in [-0.2, 0) is 10.2 Å². The Labute approximate surface area is 80.4 Å². The van der Waals surface area contributed by atoms with Gasteiger partial charge in [0.2, 0.25) is 0 Å². The van der Waals surface area contributed by atoms with E-state index in [1.807, 2.05) is 4.72 Å². The molecule has 0 aromatic carbocycles. The smallest absolute Gasteiger partial charge is 0.202 e. The molecule has 0 saturated carbocycles. The molecule has 0 bridgehead atoms. The highest BCUT2D eigenvalue weighted by atomic mass is 32.2. The molecule has 4 nitrogen and oxygen atoms in total. The Balaban J connectivity index is 3.90. The summed E-state index contributed by atoms with van der Waals surface area (Å²) in [6.45, 7) is 1.78. The highest BCUT2D eigenvalue weighted by molar-refractivity contribution is 7.87. The monoisotopic (exact) mass is 232 g/mol. The minimum absolute atomic E-state index is 0.0245. The molecule has 0 aromatic rings. The van der Waals surface area contributed by atoms with E-state index >= 15 is 0 Å². The molecule has 0 aliphatic rings. The van der Waals surface area contributed by atoms with Crippen molar-refractivity contribution in [3.05, 3.63) is 12.7 Å². The van der Waals surface area contributed by atoms with Crippen LogP contribution in [0.25, 0.3) is 0 Å². The van der Waals surface area contributed by atoms with Crippen LogP contribution in [0, 0.1) is 0 Å². The van der Waals surface area contributed by atoms with Gasteiger partial charge < -0.3 is 0 Å². The van der Waals surface area contributed by atoms with E-state index in [1.54, 1.807) is 0 Å². The standard InChI is InChI=1S/C6H11F3N2O2S/c1-2-3-4-10-14(12,13)11-5-6(7,8)9/h2,10-11H,1,3-5H2. The summed E-state index contributed by atoms with van der Waals surface area (Å²) in [7, 11) is -4.05. The molecule has 0 radical (unpaired) electrons. The minimum Gasteiger partial charge on any atom is -0.202 e. The highest BCUT2D eigenvalue weighted by Crippen LogP contribution is 2.12. The predicted molar refractivity (Wildman–Crippen MR) is 45.8 cm³/mol. The molecule has 0 heterocycles. The average molecular weight is 232 g/mol. The van der Waals surface area contributed by atoms with Crippen molar-refractivity contribution in [3.63, 3.8) is 0 Å². The van der Waals surface area contributed by atoms with E-state index in [-0.39, 0.29) is 6.54 Å². The minimum atomic E-state index is -4.55. The third-order valence-corrected chi connectivity index (χ3v) is 2.21. The third-order valence-electron chi connectivity index (χ3n) is 1.10. The lowest BCUT2D eigenvalue weighted by molar-refractivity contribution is -0.121. The molecule has 0 fully saturated rings. The summed E-state index contributed by atoms with van der Waals surface area (Å²) >= 11 is 0. The van der Waals surface area contributed by atoms with Gasteiger partial charge in [-0.2, -0.15) is 26.3 Å². The maximum absolute atomic E-state index is 11.6. The van der Waals surface area contributed by atoms with Crippen molar-refractivity contribution in [3.8, 4) is 0 Å². The van der Waals surface area contributed by atoms with Crippen molar-refractivity contribution in [1.29, 1.82) is 0 Å². The van der Waals surface area contributed by atoms with Gasteiger partial charge >= 0.3 is 6.18 Å². The lowest BCUT2D eigenvalue weighted by Crippen LogP contribution is -2.41. The quantitative estimate of drug-likeness (QED) is 0.519. The molecule has 0 aliphatic heterocycles. The number of nitrogens with one attached hydrogen (secondary N) is 2. The highest BCUT2D eigenvalue weighted by Gasteiger charge is 2.29. The average Bonchev–Trinajstić information content (AvgIpc) is 2.00. The molecule has 0 aliphatic carbocycles. The van der Waals surface area contributed by atoms with Crippen LogP contribution < -0.4 is 9.44 Å². The lowest BCUT2D eigenvalue weighted by atomic mass is 10.4. The van der Waals surface area contributed by atoms with E-state index in [0.29, 0.717) is 6.42 Å². The van der Waals surface area contributed by atoms with E-state index in [2.05, 4.69) is 6.58 Å². The molecule has 0 rings (SSSR count). The van der Waals surface area contributed by atoms with Gasteiger partial charge in [0.05, 0.1) is 0 Å². The van der Waals surface area contributed by atoms with Gasteiger partial charge in [-0.05, 0) is 6.42 Å². The normalized spacial score (nSPS) is 12.8. The summed E-state index contributed by atoms with van der Waals surface area (Å²) in [5, 5.41) is 0. The van der Waals surface area contributed by atoms with Crippen molar-refractivity contribution < 1.29 is 21.6 Å². The van der Waals surface area contributed by atoms with Crippen molar-refractivity contribution in [2.45, 2.75) is 12.6 Å². The van der Waals surface area contributed by atoms with Crippen LogP contribution in [0.15, 0.2) is 12.7 Å². The SMILES string of the molecule is C=CCCNS(=O)(=O)NCC(F)(F)F. The van der Waals surface area contributed by atoms with Crippen LogP contribution in [0.2, 0.25) is 0 Å². The van der Waals surface area contributed by atoms with Gasteiger partial charge in [0, 0.05) is 6.54 Å².